The molecule has 1 amide bonds. The third-order valence-electron chi connectivity index (χ3n) is 2.64. The number of phenols is 1. The minimum Gasteiger partial charge on any atom is -0.506 e. The molecule has 90 valence electrons. The third kappa shape index (κ3) is 2.93. The molecular formula is C11H12N2O4. The second kappa shape index (κ2) is 4.40. The van der Waals surface area contributed by atoms with E-state index in [2.05, 4.69) is 5.32 Å². The molecule has 1 aromatic rings. The average molecular weight is 236 g/mol. The fraction of sp³-hybridized carbons (Fsp3) is 0.364. The topological polar surface area (TPSA) is 92.5 Å². The van der Waals surface area contributed by atoms with Gasteiger partial charge in [-0.2, -0.15) is 0 Å². The van der Waals surface area contributed by atoms with Gasteiger partial charge in [0.1, 0.15) is 5.75 Å². The van der Waals surface area contributed by atoms with Gasteiger partial charge >= 0.3 is 0 Å². The van der Waals surface area contributed by atoms with Crippen LogP contribution in [0.25, 0.3) is 0 Å². The number of non-ortho nitro benzene ring substituents is 1. The second-order valence-corrected chi connectivity index (χ2v) is 4.15. The van der Waals surface area contributed by atoms with Gasteiger partial charge in [-0.15, -0.1) is 0 Å². The highest BCUT2D eigenvalue weighted by atomic mass is 16.6. The molecule has 0 heterocycles. The van der Waals surface area contributed by atoms with Gasteiger partial charge in [0.05, 0.1) is 16.7 Å². The molecule has 1 aromatic carbocycles. The van der Waals surface area contributed by atoms with E-state index in [-0.39, 0.29) is 23.0 Å². The van der Waals surface area contributed by atoms with Crippen LogP contribution in [-0.2, 0) is 4.79 Å². The first-order valence-electron chi connectivity index (χ1n) is 5.33. The number of carbonyl (C=O) groups excluding carboxylic acids is 1. The first-order valence-corrected chi connectivity index (χ1v) is 5.33. The molecule has 2 N–H and O–H groups in total. The number of phenolic OH excluding ortho intramolecular Hbond substituents is 1. The summed E-state index contributed by atoms with van der Waals surface area (Å²) in [5.74, 6) is -0.00445. The predicted molar refractivity (Wildman–Crippen MR) is 60.7 cm³/mol. The number of nitro benzene ring substituents is 1. The maximum Gasteiger partial charge on any atom is 0.273 e. The van der Waals surface area contributed by atoms with Crippen molar-refractivity contribution in [3.8, 4) is 5.75 Å². The summed E-state index contributed by atoms with van der Waals surface area (Å²) >= 11 is 0. The molecule has 0 atom stereocenters. The molecule has 0 spiro atoms. The fourth-order valence-corrected chi connectivity index (χ4v) is 1.52. The lowest BCUT2D eigenvalue weighted by Gasteiger charge is -2.06. The molecule has 17 heavy (non-hydrogen) atoms. The van der Waals surface area contributed by atoms with Crippen molar-refractivity contribution >= 4 is 17.3 Å². The van der Waals surface area contributed by atoms with Gasteiger partial charge in [0.25, 0.3) is 5.69 Å². The zero-order chi connectivity index (χ0) is 12.4. The van der Waals surface area contributed by atoms with Crippen molar-refractivity contribution in [2.45, 2.75) is 19.3 Å². The van der Waals surface area contributed by atoms with Crippen LogP contribution in [0, 0.1) is 16.0 Å². The van der Waals surface area contributed by atoms with Crippen molar-refractivity contribution in [2.75, 3.05) is 5.32 Å². The molecule has 0 saturated heterocycles. The Labute approximate surface area is 97.4 Å². The quantitative estimate of drug-likeness (QED) is 0.475. The van der Waals surface area contributed by atoms with Crippen LogP contribution in [0.4, 0.5) is 11.4 Å². The van der Waals surface area contributed by atoms with Crippen LogP contribution in [0.2, 0.25) is 0 Å². The van der Waals surface area contributed by atoms with E-state index in [1.54, 1.807) is 0 Å². The van der Waals surface area contributed by atoms with Crippen LogP contribution in [0.15, 0.2) is 18.2 Å². The molecule has 1 saturated carbocycles. The first-order chi connectivity index (χ1) is 8.06. The van der Waals surface area contributed by atoms with E-state index in [0.29, 0.717) is 12.3 Å². The highest BCUT2D eigenvalue weighted by Gasteiger charge is 2.24. The number of amides is 1. The minimum absolute atomic E-state index is 0.170. The molecule has 1 aliphatic carbocycles. The number of benzene rings is 1. The van der Waals surface area contributed by atoms with E-state index in [4.69, 9.17) is 0 Å². The predicted octanol–water partition coefficient (Wildman–Crippen LogP) is 2.04. The van der Waals surface area contributed by atoms with Gasteiger partial charge in [0, 0.05) is 12.5 Å². The molecule has 6 heteroatoms. The molecule has 0 unspecified atom stereocenters. The number of aromatic hydroxyl groups is 1. The van der Waals surface area contributed by atoms with Gasteiger partial charge in [0.2, 0.25) is 5.91 Å². The zero-order valence-corrected chi connectivity index (χ0v) is 9.05. The summed E-state index contributed by atoms with van der Waals surface area (Å²) in [4.78, 5) is 21.3. The van der Waals surface area contributed by atoms with E-state index < -0.39 is 4.92 Å². The Balaban J connectivity index is 2.04. The van der Waals surface area contributed by atoms with Gasteiger partial charge in [-0.25, -0.2) is 0 Å². The number of carbonyl (C=O) groups is 1. The molecule has 1 fully saturated rings. The van der Waals surface area contributed by atoms with Crippen molar-refractivity contribution in [2.24, 2.45) is 5.92 Å². The van der Waals surface area contributed by atoms with E-state index >= 15 is 0 Å². The summed E-state index contributed by atoms with van der Waals surface area (Å²) < 4.78 is 0. The van der Waals surface area contributed by atoms with Crippen molar-refractivity contribution in [3.05, 3.63) is 28.3 Å². The Morgan fingerprint density at radius 3 is 2.76 bits per heavy atom. The summed E-state index contributed by atoms with van der Waals surface area (Å²) in [7, 11) is 0. The van der Waals surface area contributed by atoms with E-state index in [1.165, 1.54) is 12.1 Å². The molecule has 6 nitrogen and oxygen atoms in total. The molecule has 0 radical (unpaired) electrons. The number of hydrogen-bond acceptors (Lipinski definition) is 4. The van der Waals surface area contributed by atoms with Gasteiger partial charge in [-0.3, -0.25) is 14.9 Å². The highest BCUT2D eigenvalue weighted by Crippen LogP contribution is 2.33. The highest BCUT2D eigenvalue weighted by molar-refractivity contribution is 5.92. The average Bonchev–Trinajstić information content (AvgIpc) is 3.04. The fourth-order valence-electron chi connectivity index (χ4n) is 1.52. The summed E-state index contributed by atoms with van der Waals surface area (Å²) in [6.45, 7) is 0. The first kappa shape index (κ1) is 11.4. The number of nitro groups is 1. The van der Waals surface area contributed by atoms with Crippen molar-refractivity contribution in [1.82, 2.24) is 0 Å². The van der Waals surface area contributed by atoms with E-state index in [0.717, 1.165) is 18.9 Å². The molecular weight excluding hydrogens is 224 g/mol. The van der Waals surface area contributed by atoms with Crippen molar-refractivity contribution in [1.29, 1.82) is 0 Å². The van der Waals surface area contributed by atoms with E-state index in [1.807, 2.05) is 0 Å². The lowest BCUT2D eigenvalue weighted by atomic mass is 10.2. The molecule has 2 rings (SSSR count). The Bertz CT molecular complexity index is 469. The largest absolute Gasteiger partial charge is 0.506 e. The monoisotopic (exact) mass is 236 g/mol. The van der Waals surface area contributed by atoms with Crippen LogP contribution in [-0.4, -0.2) is 15.9 Å². The number of hydrogen-bond donors (Lipinski definition) is 2. The van der Waals surface area contributed by atoms with Gasteiger partial charge in [-0.05, 0) is 24.8 Å². The summed E-state index contributed by atoms with van der Waals surface area (Å²) in [5.41, 5.74) is 0.00365. The smallest absolute Gasteiger partial charge is 0.273 e. The Kier molecular flexibility index (Phi) is 2.95. The lowest BCUT2D eigenvalue weighted by Crippen LogP contribution is -2.12. The van der Waals surface area contributed by atoms with Gasteiger partial charge in [-0.1, -0.05) is 0 Å². The molecule has 0 aromatic heterocycles. The Morgan fingerprint density at radius 1 is 1.53 bits per heavy atom. The van der Waals surface area contributed by atoms with Crippen LogP contribution >= 0.6 is 0 Å². The van der Waals surface area contributed by atoms with Crippen LogP contribution < -0.4 is 5.32 Å². The number of anilines is 1. The maximum absolute atomic E-state index is 11.5. The molecule has 0 aliphatic heterocycles. The van der Waals surface area contributed by atoms with Crippen LogP contribution in [0.1, 0.15) is 19.3 Å². The van der Waals surface area contributed by atoms with Gasteiger partial charge < -0.3 is 10.4 Å². The molecule has 0 bridgehead atoms. The third-order valence-corrected chi connectivity index (χ3v) is 2.64. The van der Waals surface area contributed by atoms with E-state index in [9.17, 15) is 20.0 Å². The normalized spacial score (nSPS) is 14.4. The van der Waals surface area contributed by atoms with Crippen molar-refractivity contribution < 1.29 is 14.8 Å². The van der Waals surface area contributed by atoms with Crippen molar-refractivity contribution in [3.63, 3.8) is 0 Å². The van der Waals surface area contributed by atoms with Crippen LogP contribution in [0.3, 0.4) is 0 Å². The standard InChI is InChI=1S/C11H12N2O4/c14-10-6-8(13(16)17)3-4-9(10)12-11(15)5-7-1-2-7/h3-4,6-7,14H,1-2,5H2,(H,12,15). The lowest BCUT2D eigenvalue weighted by molar-refractivity contribution is -0.384. The zero-order valence-electron chi connectivity index (χ0n) is 9.05. The SMILES string of the molecule is O=C(CC1CC1)Nc1ccc([N+](=O)[O-])cc1O. The number of nitrogens with zero attached hydrogens (tertiary/aromatic N) is 1. The maximum atomic E-state index is 11.5. The summed E-state index contributed by atoms with van der Waals surface area (Å²) in [5, 5.41) is 22.5. The second-order valence-electron chi connectivity index (χ2n) is 4.15. The Morgan fingerprint density at radius 2 is 2.24 bits per heavy atom. The Hall–Kier alpha value is -2.11. The summed E-state index contributed by atoms with van der Waals surface area (Å²) in [6, 6.07) is 3.59. The number of nitrogens with one attached hydrogen (secondary N) is 1. The minimum atomic E-state index is -0.602. The van der Waals surface area contributed by atoms with Crippen LogP contribution in [0.5, 0.6) is 5.75 Å². The van der Waals surface area contributed by atoms with Gasteiger partial charge in [0.15, 0.2) is 0 Å². The number of rotatable bonds is 4. The molecule has 1 aliphatic rings. The summed E-state index contributed by atoms with van der Waals surface area (Å²) in [6.07, 6.45) is 2.58.